The summed E-state index contributed by atoms with van der Waals surface area (Å²) in [5, 5.41) is 48.4. The van der Waals surface area contributed by atoms with E-state index in [0.29, 0.717) is 29.2 Å². The number of fused-ring (bicyclic) bond motifs is 2. The Morgan fingerprint density at radius 2 is 1.84 bits per heavy atom. The second-order valence-electron chi connectivity index (χ2n) is 20.0. The number of hydrogen-bond donors (Lipinski definition) is 5. The summed E-state index contributed by atoms with van der Waals surface area (Å²) in [4.78, 5) is 62.1. The van der Waals surface area contributed by atoms with E-state index in [1.54, 1.807) is 30.0 Å². The van der Waals surface area contributed by atoms with E-state index < -0.39 is 70.8 Å². The Hall–Kier alpha value is -4.61. The molecule has 2 aromatic heterocycles. The van der Waals surface area contributed by atoms with Crippen molar-refractivity contribution in [1.82, 2.24) is 35.5 Å². The minimum atomic E-state index is -1.85. The third kappa shape index (κ3) is 9.47. The molecule has 3 aliphatic carbocycles. The number of thiazole rings is 1. The number of β-amino-alcohol motifs (C(OH)–C–C–N with tert-alkyl or cyclic N) is 1. The van der Waals surface area contributed by atoms with Gasteiger partial charge in [0, 0.05) is 19.5 Å². The van der Waals surface area contributed by atoms with E-state index in [9.17, 15) is 34.5 Å². The summed E-state index contributed by atoms with van der Waals surface area (Å²) in [6.45, 7) is 19.5. The highest BCUT2D eigenvalue weighted by Gasteiger charge is 2.61. The van der Waals surface area contributed by atoms with E-state index in [-0.39, 0.29) is 56.3 Å². The van der Waals surface area contributed by atoms with Gasteiger partial charge in [-0.3, -0.25) is 19.2 Å². The number of carbonyl (C=O) groups is 4. The number of aryl methyl sites for hydroxylation is 1. The molecule has 0 spiro atoms. The van der Waals surface area contributed by atoms with Crippen molar-refractivity contribution in [2.24, 2.45) is 34.5 Å². The number of ether oxygens (including phenoxy) is 1. The number of allylic oxidation sites excluding steroid dienone is 1. The van der Waals surface area contributed by atoms with E-state index in [2.05, 4.69) is 46.4 Å². The fourth-order valence-electron chi connectivity index (χ4n) is 10.2. The number of aromatic nitrogens is 4. The van der Waals surface area contributed by atoms with Gasteiger partial charge in [0.2, 0.25) is 17.7 Å². The number of aliphatic hydroxyl groups excluding tert-OH is 2. The Kier molecular flexibility index (Phi) is 13.1. The first-order valence-electron chi connectivity index (χ1n) is 22.0. The number of rotatable bonds is 11. The molecule has 4 aliphatic rings. The van der Waals surface area contributed by atoms with Crippen LogP contribution in [0.2, 0.25) is 0 Å². The lowest BCUT2D eigenvalue weighted by Gasteiger charge is -2.37. The number of carbonyl (C=O) groups excluding carboxylic acids is 4. The van der Waals surface area contributed by atoms with Crippen LogP contribution in [0.15, 0.2) is 59.8 Å². The first-order valence-corrected chi connectivity index (χ1v) is 22.8. The molecule has 0 radical (unpaired) electrons. The summed E-state index contributed by atoms with van der Waals surface area (Å²) < 4.78 is 7.76. The Labute approximate surface area is 373 Å². The molecule has 0 unspecified atom stereocenters. The summed E-state index contributed by atoms with van der Waals surface area (Å²) >= 11 is 1.56. The van der Waals surface area contributed by atoms with Crippen LogP contribution in [0.25, 0.3) is 10.4 Å². The number of nitrogens with zero attached hydrogens (tertiary/aromatic N) is 5. The molecule has 7 rings (SSSR count). The van der Waals surface area contributed by atoms with Gasteiger partial charge in [-0.25, -0.2) is 9.67 Å². The third-order valence-electron chi connectivity index (χ3n) is 14.0. The van der Waals surface area contributed by atoms with Crippen LogP contribution >= 0.6 is 11.3 Å². The van der Waals surface area contributed by atoms with Gasteiger partial charge in [-0.15, -0.1) is 16.4 Å². The SMILES string of the molecule is C=C1CC[C@H]2[C@@H](/C=C(\C)C(=O)[C@@]3(O)C[C@H](C)[C@H](O)[C@@H]3[C@H]1OCc1cn(CC(=O)N[C@H](C(=O)N3C[C@H](O)C[C@H]3C(=O)NCc3ccc(-c4scnc4C)cc3)C(C)(C)C)nn1)C2(C)C. The molecule has 63 heavy (non-hydrogen) atoms. The molecule has 3 heterocycles. The molecule has 0 bridgehead atoms. The molecule has 15 nitrogen and oxygen atoms in total. The number of amides is 3. The van der Waals surface area contributed by atoms with Gasteiger partial charge in [0.1, 0.15) is 29.9 Å². The Morgan fingerprint density at radius 1 is 1.13 bits per heavy atom. The van der Waals surface area contributed by atoms with Crippen LogP contribution in [-0.2, 0) is 43.6 Å². The van der Waals surface area contributed by atoms with Crippen molar-refractivity contribution in [2.75, 3.05) is 6.54 Å². The van der Waals surface area contributed by atoms with Gasteiger partial charge in [-0.05, 0) is 84.0 Å². The monoisotopic (exact) mass is 885 g/mol. The highest BCUT2D eigenvalue weighted by atomic mass is 32.1. The maximum atomic E-state index is 14.2. The van der Waals surface area contributed by atoms with Crippen LogP contribution in [0.4, 0.5) is 0 Å². The largest absolute Gasteiger partial charge is 0.392 e. The highest BCUT2D eigenvalue weighted by molar-refractivity contribution is 7.13. The van der Waals surface area contributed by atoms with Gasteiger partial charge < -0.3 is 35.6 Å². The molecule has 5 N–H and O–H groups in total. The van der Waals surface area contributed by atoms with Crippen LogP contribution < -0.4 is 10.6 Å². The van der Waals surface area contributed by atoms with Crippen molar-refractivity contribution in [3.63, 3.8) is 0 Å². The molecular formula is C47H63N7O8S. The van der Waals surface area contributed by atoms with Crippen LogP contribution in [0.3, 0.4) is 0 Å². The molecule has 1 aliphatic heterocycles. The van der Waals surface area contributed by atoms with Crippen molar-refractivity contribution < 1.29 is 39.2 Å². The van der Waals surface area contributed by atoms with Crippen LogP contribution in [0.5, 0.6) is 0 Å². The molecule has 340 valence electrons. The lowest BCUT2D eigenvalue weighted by Crippen LogP contribution is -2.58. The van der Waals surface area contributed by atoms with Gasteiger partial charge >= 0.3 is 0 Å². The molecule has 1 saturated heterocycles. The van der Waals surface area contributed by atoms with Crippen LogP contribution in [0.1, 0.15) is 91.1 Å². The number of benzene rings is 1. The third-order valence-corrected chi connectivity index (χ3v) is 15.0. The molecule has 3 aromatic rings. The van der Waals surface area contributed by atoms with Gasteiger partial charge in [0.15, 0.2) is 5.78 Å². The second kappa shape index (κ2) is 17.8. The number of nitrogens with one attached hydrogen (secondary N) is 2. The summed E-state index contributed by atoms with van der Waals surface area (Å²) in [6, 6.07) is 5.85. The summed E-state index contributed by atoms with van der Waals surface area (Å²) in [5.41, 5.74) is 3.60. The average Bonchev–Trinajstić information content (AvgIpc) is 3.83. The van der Waals surface area contributed by atoms with Crippen molar-refractivity contribution in [2.45, 2.75) is 137 Å². The van der Waals surface area contributed by atoms with Gasteiger partial charge in [0.05, 0.1) is 53.1 Å². The number of ketones is 1. The molecule has 3 fully saturated rings. The molecule has 10 atom stereocenters. The Balaban J connectivity index is 0.984. The minimum absolute atomic E-state index is 0.0134. The minimum Gasteiger partial charge on any atom is -0.392 e. The van der Waals surface area contributed by atoms with Gasteiger partial charge in [0.25, 0.3) is 0 Å². The molecule has 3 amide bonds. The predicted molar refractivity (Wildman–Crippen MR) is 236 cm³/mol. The van der Waals surface area contributed by atoms with Crippen molar-refractivity contribution in [1.29, 1.82) is 0 Å². The first kappa shape index (κ1) is 46.4. The topological polar surface area (TPSA) is 209 Å². The number of hydrogen-bond acceptors (Lipinski definition) is 12. The molecule has 2 saturated carbocycles. The van der Waals surface area contributed by atoms with Crippen LogP contribution in [-0.4, -0.2) is 106 Å². The highest BCUT2D eigenvalue weighted by Crippen LogP contribution is 2.62. The van der Waals surface area contributed by atoms with Crippen molar-refractivity contribution in [3.05, 3.63) is 76.7 Å². The second-order valence-corrected chi connectivity index (χ2v) is 20.9. The molecule has 16 heteroatoms. The van der Waals surface area contributed by atoms with Crippen molar-refractivity contribution in [3.8, 4) is 10.4 Å². The van der Waals surface area contributed by atoms with Gasteiger partial charge in [-0.1, -0.05) is 83.7 Å². The lowest BCUT2D eigenvalue weighted by molar-refractivity contribution is -0.148. The first-order chi connectivity index (χ1) is 29.6. The lowest BCUT2D eigenvalue weighted by atomic mass is 9.77. The number of likely N-dealkylation sites (tertiary alicyclic amines) is 1. The predicted octanol–water partition coefficient (Wildman–Crippen LogP) is 4.29. The van der Waals surface area contributed by atoms with E-state index in [1.807, 2.05) is 65.0 Å². The Bertz CT molecular complexity index is 2260. The van der Waals surface area contributed by atoms with E-state index in [4.69, 9.17) is 4.74 Å². The quantitative estimate of drug-likeness (QED) is 0.172. The van der Waals surface area contributed by atoms with Crippen LogP contribution in [0, 0.1) is 41.4 Å². The van der Waals surface area contributed by atoms with E-state index in [0.717, 1.165) is 28.1 Å². The number of Topliss-reactive ketones (excluding diaryl/α,β-unsaturated/α-hetero) is 1. The standard InChI is InChI=1S/C47H63N7O8S/c1-25-10-15-33-34(46(33,8)9)16-26(2)42(58)47(61)18-27(3)38(57)37(47)39(25)62-23-31-20-53(52-51-31)22-36(56)50-41(45(5,6)7)44(60)54-21-32(55)17-35(54)43(59)48-19-29-11-13-30(14-12-29)40-28(4)49-24-63-40/h11-14,16,20,24,27,32-35,37-39,41,55,57,61H,1,10,15,17-19,21-23H2,2-9H3,(H,48,59)(H,50,56)/b26-16+/t27-,32+,33-,34+,35-,37+,38-,39-,41+,47+/m0/s1. The molecule has 1 aromatic carbocycles. The smallest absolute Gasteiger partial charge is 0.246 e. The zero-order chi connectivity index (χ0) is 45.8. The van der Waals surface area contributed by atoms with E-state index in [1.165, 1.54) is 9.58 Å². The molecular weight excluding hydrogens is 823 g/mol. The van der Waals surface area contributed by atoms with Crippen molar-refractivity contribution >= 4 is 34.8 Å². The summed E-state index contributed by atoms with van der Waals surface area (Å²) in [6.07, 6.45) is 2.32. The fraction of sp³-hybridized carbons (Fsp3) is 0.596. The fourth-order valence-corrected chi connectivity index (χ4v) is 11.0. The number of aliphatic hydroxyl groups is 3. The Morgan fingerprint density at radius 3 is 2.51 bits per heavy atom. The average molecular weight is 886 g/mol. The van der Waals surface area contributed by atoms with Gasteiger partial charge in [-0.2, -0.15) is 0 Å². The zero-order valence-corrected chi connectivity index (χ0v) is 38.4. The van der Waals surface area contributed by atoms with E-state index >= 15 is 0 Å². The maximum absolute atomic E-state index is 14.2. The summed E-state index contributed by atoms with van der Waals surface area (Å²) in [5.74, 6) is -2.57. The maximum Gasteiger partial charge on any atom is 0.246 e. The zero-order valence-electron chi connectivity index (χ0n) is 37.6. The normalized spacial score (nSPS) is 30.7. The summed E-state index contributed by atoms with van der Waals surface area (Å²) in [7, 11) is 0.